The summed E-state index contributed by atoms with van der Waals surface area (Å²) in [5.74, 6) is 0. The lowest BCUT2D eigenvalue weighted by molar-refractivity contribution is -0.377. The molecule has 4 nitrogen and oxygen atoms in total. The van der Waals surface area contributed by atoms with Crippen LogP contribution >= 0.6 is 0 Å². The lowest BCUT2D eigenvalue weighted by atomic mass is 10.5. The van der Waals surface area contributed by atoms with E-state index in [0.29, 0.717) is 0 Å². The van der Waals surface area contributed by atoms with Crippen LogP contribution in [0.3, 0.4) is 0 Å². The number of rotatable bonds is 0. The lowest BCUT2D eigenvalue weighted by Crippen LogP contribution is -1.93. The largest absolute Gasteiger partial charge is 0.444 e. The quantitative estimate of drug-likeness (QED) is 0.380. The minimum atomic E-state index is 1.00. The molecule has 9 heavy (non-hydrogen) atoms. The van der Waals surface area contributed by atoms with Gasteiger partial charge in [0.15, 0.2) is 12.4 Å². The van der Waals surface area contributed by atoms with Crippen molar-refractivity contribution in [2.24, 2.45) is 5.34 Å². The van der Waals surface area contributed by atoms with Crippen molar-refractivity contribution in [2.75, 3.05) is 0 Å². The summed E-state index contributed by atoms with van der Waals surface area (Å²) in [6.07, 6.45) is 3.75. The van der Waals surface area contributed by atoms with E-state index in [2.05, 4.69) is 4.98 Å². The Bertz CT molecular complexity index is 116. The summed E-state index contributed by atoms with van der Waals surface area (Å²) in [5.41, 5.74) is 0. The van der Waals surface area contributed by atoms with E-state index in [9.17, 15) is 0 Å². The van der Waals surface area contributed by atoms with Crippen LogP contribution in [0.5, 0.6) is 0 Å². The SMILES string of the molecule is O=N[O-].c1cc[nH+]cc1. The lowest BCUT2D eigenvalue weighted by Gasteiger charge is -1.63. The molecule has 0 aromatic carbocycles. The number of nitrogens with zero attached hydrogens (tertiary/aromatic N) is 1. The number of hydrogen-bond donors (Lipinski definition) is 0. The van der Waals surface area contributed by atoms with E-state index in [0.717, 1.165) is 5.34 Å². The molecule has 0 saturated heterocycles. The molecule has 1 aromatic heterocycles. The van der Waals surface area contributed by atoms with Crippen LogP contribution < -0.4 is 4.98 Å². The van der Waals surface area contributed by atoms with Crippen LogP contribution in [0.25, 0.3) is 0 Å². The van der Waals surface area contributed by atoms with Crippen molar-refractivity contribution in [1.29, 1.82) is 0 Å². The Morgan fingerprint density at radius 1 is 1.22 bits per heavy atom. The maximum Gasteiger partial charge on any atom is 0.166 e. The van der Waals surface area contributed by atoms with Crippen molar-refractivity contribution < 1.29 is 4.98 Å². The third-order valence-corrected chi connectivity index (χ3v) is 0.607. The number of pyridine rings is 1. The van der Waals surface area contributed by atoms with Gasteiger partial charge in [0, 0.05) is 12.1 Å². The Balaban J connectivity index is 0.000000187. The van der Waals surface area contributed by atoms with Gasteiger partial charge in [0.2, 0.25) is 0 Å². The first-order valence-electron chi connectivity index (χ1n) is 2.28. The molecule has 0 saturated carbocycles. The van der Waals surface area contributed by atoms with Crippen LogP contribution in [0.1, 0.15) is 0 Å². The zero-order chi connectivity index (χ0) is 6.95. The van der Waals surface area contributed by atoms with Gasteiger partial charge < -0.3 is 10.1 Å². The first kappa shape index (κ1) is 7.55. The molecule has 0 aliphatic carbocycles. The summed E-state index contributed by atoms with van der Waals surface area (Å²) < 4.78 is 0. The minimum Gasteiger partial charge on any atom is -0.444 e. The monoisotopic (exact) mass is 126 g/mol. The highest BCUT2D eigenvalue weighted by atomic mass is 16.6. The Hall–Kier alpha value is -1.45. The van der Waals surface area contributed by atoms with E-state index >= 15 is 0 Å². The van der Waals surface area contributed by atoms with Crippen molar-refractivity contribution in [3.8, 4) is 0 Å². The van der Waals surface area contributed by atoms with Crippen molar-refractivity contribution >= 4 is 0 Å². The average molecular weight is 126 g/mol. The maximum absolute atomic E-state index is 8.00. The molecule has 4 heteroatoms. The molecule has 48 valence electrons. The standard InChI is InChI=1S/C5H5N.HNO2/c1-2-4-6-5-3-1;2-1-3/h1-5H;(H,2,3). The van der Waals surface area contributed by atoms with Crippen LogP contribution in [0.15, 0.2) is 35.9 Å². The van der Waals surface area contributed by atoms with E-state index in [4.69, 9.17) is 10.1 Å². The summed E-state index contributed by atoms with van der Waals surface area (Å²) in [4.78, 5) is 10.9. The summed E-state index contributed by atoms with van der Waals surface area (Å²) in [6, 6.07) is 5.86. The highest BCUT2D eigenvalue weighted by molar-refractivity contribution is 4.82. The number of hydrogen-bond acceptors (Lipinski definition) is 3. The highest BCUT2D eigenvalue weighted by Crippen LogP contribution is 1.68. The fourth-order valence-electron chi connectivity index (χ4n) is 0.342. The molecule has 0 aliphatic rings. The van der Waals surface area contributed by atoms with Gasteiger partial charge >= 0.3 is 0 Å². The van der Waals surface area contributed by atoms with E-state index in [1.807, 2.05) is 30.6 Å². The number of aromatic amines is 1. The second-order valence-corrected chi connectivity index (χ2v) is 1.15. The zero-order valence-electron chi connectivity index (χ0n) is 4.65. The molecule has 0 unspecified atom stereocenters. The Kier molecular flexibility index (Phi) is 5.49. The van der Waals surface area contributed by atoms with E-state index in [1.165, 1.54) is 0 Å². The van der Waals surface area contributed by atoms with Gasteiger partial charge in [-0.2, -0.15) is 0 Å². The highest BCUT2D eigenvalue weighted by Gasteiger charge is 1.65. The van der Waals surface area contributed by atoms with Gasteiger partial charge in [-0.25, -0.2) is 4.98 Å². The number of aromatic nitrogens is 1. The van der Waals surface area contributed by atoms with Crippen molar-refractivity contribution in [3.05, 3.63) is 40.7 Å². The Labute approximate surface area is 52.1 Å². The average Bonchev–Trinajstić information content (AvgIpc) is 1.93. The van der Waals surface area contributed by atoms with Crippen molar-refractivity contribution in [2.45, 2.75) is 0 Å². The third-order valence-electron chi connectivity index (χ3n) is 0.607. The molecule has 0 spiro atoms. The predicted molar refractivity (Wildman–Crippen MR) is 32.2 cm³/mol. The first-order chi connectivity index (χ1) is 4.41. The summed E-state index contributed by atoms with van der Waals surface area (Å²) in [5, 5.41) is 9.00. The molecule has 0 amide bonds. The Morgan fingerprint density at radius 3 is 1.78 bits per heavy atom. The fourth-order valence-corrected chi connectivity index (χ4v) is 0.342. The van der Waals surface area contributed by atoms with Gasteiger partial charge in [-0.3, -0.25) is 0 Å². The molecule has 0 atom stereocenters. The van der Waals surface area contributed by atoms with E-state index in [1.54, 1.807) is 0 Å². The van der Waals surface area contributed by atoms with Gasteiger partial charge in [0.1, 0.15) is 0 Å². The molecule has 0 fully saturated rings. The fraction of sp³-hybridized carbons (Fsp3) is 0. The smallest absolute Gasteiger partial charge is 0.166 e. The van der Waals surface area contributed by atoms with Crippen molar-refractivity contribution in [3.63, 3.8) is 0 Å². The molecular formula is C5H6N2O2. The molecule has 1 heterocycles. The topological polar surface area (TPSA) is 66.6 Å². The van der Waals surface area contributed by atoms with Gasteiger partial charge in [0.25, 0.3) is 0 Å². The molecule has 1 aromatic rings. The number of H-pyrrole nitrogens is 1. The predicted octanol–water partition coefficient (Wildman–Crippen LogP) is 0.751. The maximum atomic E-state index is 8.00. The van der Waals surface area contributed by atoms with Gasteiger partial charge in [0.05, 0.1) is 0 Å². The second-order valence-electron chi connectivity index (χ2n) is 1.15. The third kappa shape index (κ3) is 6.55. The molecule has 0 radical (unpaired) electrons. The van der Waals surface area contributed by atoms with Gasteiger partial charge in [-0.1, -0.05) is 6.07 Å². The summed E-state index contributed by atoms with van der Waals surface area (Å²) in [6.45, 7) is 0. The second kappa shape index (κ2) is 6.55. The van der Waals surface area contributed by atoms with Crippen molar-refractivity contribution in [1.82, 2.24) is 0 Å². The molecule has 0 bridgehead atoms. The van der Waals surface area contributed by atoms with Crippen LogP contribution in [-0.4, -0.2) is 0 Å². The Morgan fingerprint density at radius 2 is 1.67 bits per heavy atom. The molecule has 1 rings (SSSR count). The number of nitrogens with one attached hydrogen (secondary N) is 1. The van der Waals surface area contributed by atoms with Gasteiger partial charge in [-0.15, -0.1) is 5.34 Å². The minimum absolute atomic E-state index is 1.00. The summed E-state index contributed by atoms with van der Waals surface area (Å²) >= 11 is 0. The van der Waals surface area contributed by atoms with E-state index in [-0.39, 0.29) is 0 Å². The van der Waals surface area contributed by atoms with Crippen LogP contribution in [0, 0.1) is 10.1 Å². The van der Waals surface area contributed by atoms with Crippen LogP contribution in [0.2, 0.25) is 0 Å². The zero-order valence-corrected chi connectivity index (χ0v) is 4.65. The van der Waals surface area contributed by atoms with Gasteiger partial charge in [-0.05, 0) is 0 Å². The van der Waals surface area contributed by atoms with E-state index < -0.39 is 0 Å². The first-order valence-corrected chi connectivity index (χ1v) is 2.28. The summed E-state index contributed by atoms with van der Waals surface area (Å²) in [7, 11) is 0. The van der Waals surface area contributed by atoms with Crippen LogP contribution in [0.4, 0.5) is 0 Å². The molecule has 0 aliphatic heterocycles. The molecule has 1 N–H and O–H groups in total. The molecular weight excluding hydrogens is 120 g/mol. The van der Waals surface area contributed by atoms with Crippen LogP contribution in [-0.2, 0) is 0 Å². The normalized spacial score (nSPS) is 6.67.